The van der Waals surface area contributed by atoms with Crippen LogP contribution in [-0.2, 0) is 11.3 Å². The molecular formula is C12H19N3O3S. The lowest BCUT2D eigenvalue weighted by atomic mass is 10.0. The molecule has 0 aliphatic heterocycles. The van der Waals surface area contributed by atoms with E-state index < -0.39 is 5.97 Å². The van der Waals surface area contributed by atoms with Crippen molar-refractivity contribution in [2.75, 3.05) is 6.54 Å². The number of rotatable bonds is 7. The van der Waals surface area contributed by atoms with Gasteiger partial charge < -0.3 is 15.7 Å². The summed E-state index contributed by atoms with van der Waals surface area (Å²) in [5.74, 6) is -0.877. The van der Waals surface area contributed by atoms with E-state index in [1.165, 1.54) is 11.3 Å². The van der Waals surface area contributed by atoms with E-state index >= 15 is 0 Å². The Labute approximate surface area is 116 Å². The monoisotopic (exact) mass is 285 g/mol. The standard InChI is InChI=1S/C12H19N3O3S/c1-3-9(4-11(16)17)5-13-12(18)14-6-10-15-8(2)7-19-10/h7,9H,3-6H2,1-2H3,(H,16,17)(H2,13,14,18). The molecule has 2 amide bonds. The van der Waals surface area contributed by atoms with Crippen LogP contribution in [0.2, 0.25) is 0 Å². The summed E-state index contributed by atoms with van der Waals surface area (Å²) in [7, 11) is 0. The van der Waals surface area contributed by atoms with Gasteiger partial charge in [0.1, 0.15) is 5.01 Å². The van der Waals surface area contributed by atoms with Gasteiger partial charge in [0.05, 0.1) is 6.54 Å². The second-order valence-corrected chi connectivity index (χ2v) is 5.26. The second kappa shape index (κ2) is 7.73. The van der Waals surface area contributed by atoms with Crippen LogP contribution in [0.25, 0.3) is 0 Å². The smallest absolute Gasteiger partial charge is 0.315 e. The summed E-state index contributed by atoms with van der Waals surface area (Å²) in [5, 5.41) is 16.9. The Morgan fingerprint density at radius 3 is 2.74 bits per heavy atom. The van der Waals surface area contributed by atoms with Crippen molar-refractivity contribution >= 4 is 23.3 Å². The number of carbonyl (C=O) groups excluding carboxylic acids is 1. The van der Waals surface area contributed by atoms with Gasteiger partial charge in [0, 0.05) is 24.0 Å². The largest absolute Gasteiger partial charge is 0.481 e. The van der Waals surface area contributed by atoms with Crippen molar-refractivity contribution < 1.29 is 14.7 Å². The van der Waals surface area contributed by atoms with Crippen LogP contribution in [0.15, 0.2) is 5.38 Å². The first kappa shape index (κ1) is 15.4. The van der Waals surface area contributed by atoms with Crippen LogP contribution in [0.3, 0.4) is 0 Å². The average molecular weight is 285 g/mol. The highest BCUT2D eigenvalue weighted by molar-refractivity contribution is 7.09. The zero-order valence-corrected chi connectivity index (χ0v) is 11.9. The van der Waals surface area contributed by atoms with Crippen LogP contribution in [0.5, 0.6) is 0 Å². The first-order chi connectivity index (χ1) is 9.01. The van der Waals surface area contributed by atoms with Gasteiger partial charge in [0.15, 0.2) is 0 Å². The molecule has 0 saturated carbocycles. The lowest BCUT2D eigenvalue weighted by Crippen LogP contribution is -2.38. The van der Waals surface area contributed by atoms with Gasteiger partial charge >= 0.3 is 12.0 Å². The molecule has 0 aromatic carbocycles. The molecule has 0 radical (unpaired) electrons. The molecule has 1 aromatic heterocycles. The number of nitrogens with zero attached hydrogens (tertiary/aromatic N) is 1. The fraction of sp³-hybridized carbons (Fsp3) is 0.583. The molecule has 0 saturated heterocycles. The van der Waals surface area contributed by atoms with E-state index in [2.05, 4.69) is 15.6 Å². The topological polar surface area (TPSA) is 91.3 Å². The molecule has 0 aliphatic rings. The number of aryl methyl sites for hydroxylation is 1. The molecule has 0 spiro atoms. The minimum atomic E-state index is -0.840. The van der Waals surface area contributed by atoms with Crippen molar-refractivity contribution in [2.24, 2.45) is 5.92 Å². The number of aromatic nitrogens is 1. The fourth-order valence-corrected chi connectivity index (χ4v) is 2.26. The predicted molar refractivity (Wildman–Crippen MR) is 73.1 cm³/mol. The Bertz CT molecular complexity index is 434. The maximum atomic E-state index is 11.5. The maximum Gasteiger partial charge on any atom is 0.315 e. The molecule has 0 fully saturated rings. The van der Waals surface area contributed by atoms with Gasteiger partial charge in [-0.3, -0.25) is 4.79 Å². The average Bonchev–Trinajstić information content (AvgIpc) is 2.77. The van der Waals surface area contributed by atoms with Crippen molar-refractivity contribution in [3.05, 3.63) is 16.1 Å². The summed E-state index contributed by atoms with van der Waals surface area (Å²) >= 11 is 1.50. The number of carboxylic acid groups (broad SMARTS) is 1. The van der Waals surface area contributed by atoms with Crippen LogP contribution in [0.1, 0.15) is 30.5 Å². The number of carbonyl (C=O) groups is 2. The van der Waals surface area contributed by atoms with Gasteiger partial charge in [0.25, 0.3) is 0 Å². The van der Waals surface area contributed by atoms with E-state index in [0.717, 1.165) is 17.1 Å². The third-order valence-corrected chi connectivity index (χ3v) is 3.63. The molecule has 0 bridgehead atoms. The molecule has 1 heterocycles. The number of nitrogens with one attached hydrogen (secondary N) is 2. The van der Waals surface area contributed by atoms with Gasteiger partial charge in [-0.1, -0.05) is 13.3 Å². The van der Waals surface area contributed by atoms with Crippen molar-refractivity contribution in [3.63, 3.8) is 0 Å². The first-order valence-electron chi connectivity index (χ1n) is 6.15. The zero-order valence-electron chi connectivity index (χ0n) is 11.1. The number of aliphatic carboxylic acids is 1. The summed E-state index contributed by atoms with van der Waals surface area (Å²) in [6.45, 7) is 4.56. The van der Waals surface area contributed by atoms with Gasteiger partial charge in [-0.15, -0.1) is 11.3 Å². The Kier molecular flexibility index (Phi) is 6.27. The van der Waals surface area contributed by atoms with E-state index in [4.69, 9.17) is 5.11 Å². The molecule has 1 aromatic rings. The lowest BCUT2D eigenvalue weighted by molar-refractivity contribution is -0.138. The minimum absolute atomic E-state index is 0.0367. The third kappa shape index (κ3) is 6.19. The fourth-order valence-electron chi connectivity index (χ4n) is 1.55. The highest BCUT2D eigenvalue weighted by Gasteiger charge is 2.12. The third-order valence-electron chi connectivity index (χ3n) is 2.66. The Hall–Kier alpha value is -1.63. The van der Waals surface area contributed by atoms with Crippen LogP contribution in [-0.4, -0.2) is 28.6 Å². The second-order valence-electron chi connectivity index (χ2n) is 4.32. The van der Waals surface area contributed by atoms with Gasteiger partial charge in [-0.2, -0.15) is 0 Å². The van der Waals surface area contributed by atoms with Crippen molar-refractivity contribution in [2.45, 2.75) is 33.2 Å². The maximum absolute atomic E-state index is 11.5. The normalized spacial score (nSPS) is 11.9. The zero-order chi connectivity index (χ0) is 14.3. The highest BCUT2D eigenvalue weighted by atomic mass is 32.1. The predicted octanol–water partition coefficient (Wildman–Crippen LogP) is 1.75. The van der Waals surface area contributed by atoms with Gasteiger partial charge in [-0.05, 0) is 12.8 Å². The van der Waals surface area contributed by atoms with Crippen LogP contribution < -0.4 is 10.6 Å². The number of hydrogen-bond acceptors (Lipinski definition) is 4. The van der Waals surface area contributed by atoms with Crippen molar-refractivity contribution in [3.8, 4) is 0 Å². The number of hydrogen-bond donors (Lipinski definition) is 3. The van der Waals surface area contributed by atoms with Crippen LogP contribution in [0.4, 0.5) is 4.79 Å². The molecule has 1 atom stereocenters. The molecule has 1 unspecified atom stereocenters. The summed E-state index contributed by atoms with van der Waals surface area (Å²) in [6, 6.07) is -0.295. The number of urea groups is 1. The molecule has 7 heteroatoms. The SMILES string of the molecule is CCC(CNC(=O)NCc1nc(C)cs1)CC(=O)O. The first-order valence-corrected chi connectivity index (χ1v) is 7.03. The van der Waals surface area contributed by atoms with Crippen LogP contribution in [0, 0.1) is 12.8 Å². The highest BCUT2D eigenvalue weighted by Crippen LogP contribution is 2.08. The molecule has 3 N–H and O–H groups in total. The van der Waals surface area contributed by atoms with Gasteiger partial charge in [0.2, 0.25) is 0 Å². The molecule has 19 heavy (non-hydrogen) atoms. The lowest BCUT2D eigenvalue weighted by Gasteiger charge is -2.13. The summed E-state index contributed by atoms with van der Waals surface area (Å²) in [5.41, 5.74) is 0.940. The van der Waals surface area contributed by atoms with E-state index in [0.29, 0.717) is 13.1 Å². The molecule has 6 nitrogen and oxygen atoms in total. The number of thiazole rings is 1. The van der Waals surface area contributed by atoms with E-state index in [-0.39, 0.29) is 18.4 Å². The molecule has 1 rings (SSSR count). The van der Waals surface area contributed by atoms with Crippen molar-refractivity contribution in [1.29, 1.82) is 0 Å². The molecule has 106 valence electrons. The van der Waals surface area contributed by atoms with E-state index in [9.17, 15) is 9.59 Å². The van der Waals surface area contributed by atoms with Crippen LogP contribution >= 0.6 is 11.3 Å². The summed E-state index contributed by atoms with van der Waals surface area (Å²) in [6.07, 6.45) is 0.792. The minimum Gasteiger partial charge on any atom is -0.481 e. The number of amides is 2. The Balaban J connectivity index is 2.25. The van der Waals surface area contributed by atoms with Gasteiger partial charge in [-0.25, -0.2) is 9.78 Å². The summed E-state index contributed by atoms with van der Waals surface area (Å²) in [4.78, 5) is 26.4. The molecule has 0 aliphatic carbocycles. The molecular weight excluding hydrogens is 266 g/mol. The van der Waals surface area contributed by atoms with Crippen molar-refractivity contribution in [1.82, 2.24) is 15.6 Å². The summed E-state index contributed by atoms with van der Waals surface area (Å²) < 4.78 is 0. The Morgan fingerprint density at radius 2 is 2.21 bits per heavy atom. The van der Waals surface area contributed by atoms with E-state index in [1.54, 1.807) is 0 Å². The van der Waals surface area contributed by atoms with E-state index in [1.807, 2.05) is 19.2 Å². The number of carboxylic acids is 1. The Morgan fingerprint density at radius 1 is 1.47 bits per heavy atom. The quantitative estimate of drug-likeness (QED) is 0.711.